The van der Waals surface area contributed by atoms with E-state index in [-0.39, 0.29) is 11.3 Å². The second-order valence-corrected chi connectivity index (χ2v) is 11.0. The van der Waals surface area contributed by atoms with Gasteiger partial charge in [-0.15, -0.1) is 0 Å². The first kappa shape index (κ1) is 25.3. The molecule has 4 heteroatoms. The first-order valence-electron chi connectivity index (χ1n) is 13.2. The Kier molecular flexibility index (Phi) is 7.06. The summed E-state index contributed by atoms with van der Waals surface area (Å²) in [5, 5.41) is 8.80. The van der Waals surface area contributed by atoms with E-state index in [1.807, 2.05) is 18.3 Å². The molecule has 38 heavy (non-hydrogen) atoms. The number of nitrogens with zero attached hydrogens (tertiary/aromatic N) is 2. The Bertz CT molecular complexity index is 1340. The van der Waals surface area contributed by atoms with Crippen LogP contribution in [0, 0.1) is 5.41 Å². The van der Waals surface area contributed by atoms with Gasteiger partial charge in [-0.1, -0.05) is 124 Å². The predicted octanol–water partition coefficient (Wildman–Crippen LogP) is 7.70. The number of nitrogen functional groups attached to an aromatic ring is 1. The molecule has 0 saturated heterocycles. The second kappa shape index (κ2) is 10.6. The zero-order valence-electron chi connectivity index (χ0n) is 22.4. The van der Waals surface area contributed by atoms with Crippen LogP contribution in [0.3, 0.4) is 0 Å². The molecule has 0 fully saturated rings. The first-order chi connectivity index (χ1) is 18.4. The highest BCUT2D eigenvalue weighted by Gasteiger charge is 2.37. The topological polar surface area (TPSA) is 55.9 Å². The molecule has 0 bridgehead atoms. The molecule has 0 aliphatic carbocycles. The SMILES string of the molecule is CC(C)(C)C(Cn1nccc1NC(c1ccccc1)(c1ccccc1)c1ccccc1)c1ccc(N)cc1. The van der Waals surface area contributed by atoms with Crippen LogP contribution < -0.4 is 11.1 Å². The lowest BCUT2D eigenvalue weighted by atomic mass is 9.76. The lowest BCUT2D eigenvalue weighted by Gasteiger charge is -2.38. The highest BCUT2D eigenvalue weighted by Crippen LogP contribution is 2.41. The molecule has 4 nitrogen and oxygen atoms in total. The van der Waals surface area contributed by atoms with Crippen LogP contribution in [0.25, 0.3) is 0 Å². The van der Waals surface area contributed by atoms with Crippen molar-refractivity contribution in [2.75, 3.05) is 11.1 Å². The molecule has 1 aromatic heterocycles. The molecule has 0 aliphatic rings. The Labute approximate surface area is 226 Å². The fourth-order valence-electron chi connectivity index (χ4n) is 5.34. The number of nitrogens with two attached hydrogens (primary N) is 1. The molecule has 0 radical (unpaired) electrons. The third kappa shape index (κ3) is 5.08. The fourth-order valence-corrected chi connectivity index (χ4v) is 5.34. The van der Waals surface area contributed by atoms with E-state index in [2.05, 4.69) is 140 Å². The van der Waals surface area contributed by atoms with E-state index in [0.29, 0.717) is 0 Å². The maximum atomic E-state index is 6.00. The summed E-state index contributed by atoms with van der Waals surface area (Å²) in [4.78, 5) is 0. The minimum Gasteiger partial charge on any atom is -0.399 e. The van der Waals surface area contributed by atoms with E-state index in [0.717, 1.165) is 34.7 Å². The fraction of sp³-hybridized carbons (Fsp3) is 0.206. The van der Waals surface area contributed by atoms with E-state index >= 15 is 0 Å². The lowest BCUT2D eigenvalue weighted by Crippen LogP contribution is -2.39. The third-order valence-corrected chi connectivity index (χ3v) is 7.39. The number of anilines is 2. The summed E-state index contributed by atoms with van der Waals surface area (Å²) in [6.07, 6.45) is 1.89. The number of hydrogen-bond donors (Lipinski definition) is 2. The van der Waals surface area contributed by atoms with Crippen LogP contribution in [0.2, 0.25) is 0 Å². The van der Waals surface area contributed by atoms with Crippen LogP contribution in [0.5, 0.6) is 0 Å². The molecular formula is C34H36N4. The average molecular weight is 501 g/mol. The monoisotopic (exact) mass is 500 g/mol. The molecule has 0 saturated carbocycles. The molecule has 1 unspecified atom stereocenters. The highest BCUT2D eigenvalue weighted by atomic mass is 15.3. The van der Waals surface area contributed by atoms with E-state index in [1.165, 1.54) is 5.56 Å². The maximum absolute atomic E-state index is 6.00. The Morgan fingerprint density at radius 1 is 0.684 bits per heavy atom. The first-order valence-corrected chi connectivity index (χ1v) is 13.2. The smallest absolute Gasteiger partial charge is 0.125 e. The number of rotatable bonds is 8. The second-order valence-electron chi connectivity index (χ2n) is 11.0. The molecule has 3 N–H and O–H groups in total. The summed E-state index contributed by atoms with van der Waals surface area (Å²) in [6, 6.07) is 42.3. The Morgan fingerprint density at radius 2 is 1.16 bits per heavy atom. The van der Waals surface area contributed by atoms with Gasteiger partial charge in [0.1, 0.15) is 11.4 Å². The molecule has 5 aromatic rings. The van der Waals surface area contributed by atoms with Crippen molar-refractivity contribution in [1.29, 1.82) is 0 Å². The van der Waals surface area contributed by atoms with Gasteiger partial charge in [0.05, 0.1) is 12.7 Å². The van der Waals surface area contributed by atoms with Crippen molar-refractivity contribution >= 4 is 11.5 Å². The van der Waals surface area contributed by atoms with Gasteiger partial charge in [0.2, 0.25) is 0 Å². The van der Waals surface area contributed by atoms with Crippen LogP contribution in [-0.4, -0.2) is 9.78 Å². The lowest BCUT2D eigenvalue weighted by molar-refractivity contribution is 0.283. The molecule has 0 spiro atoms. The molecule has 192 valence electrons. The summed E-state index contributed by atoms with van der Waals surface area (Å²) in [6.45, 7) is 7.59. The van der Waals surface area contributed by atoms with Gasteiger partial charge in [-0.2, -0.15) is 5.10 Å². The zero-order valence-corrected chi connectivity index (χ0v) is 22.4. The standard InChI is InChI=1S/C34H36N4/c1-33(2,3)31(26-19-21-30(35)22-20-26)25-38-32(23-24-36-38)37-34(27-13-7-4-8-14-27,28-15-9-5-10-16-28)29-17-11-6-12-18-29/h4-24,31,37H,25,35H2,1-3H3. The maximum Gasteiger partial charge on any atom is 0.125 e. The van der Waals surface area contributed by atoms with Crippen molar-refractivity contribution in [2.24, 2.45) is 5.41 Å². The van der Waals surface area contributed by atoms with E-state index in [1.54, 1.807) is 0 Å². The van der Waals surface area contributed by atoms with Gasteiger partial charge < -0.3 is 11.1 Å². The highest BCUT2D eigenvalue weighted by molar-refractivity contribution is 5.58. The van der Waals surface area contributed by atoms with Crippen molar-refractivity contribution in [3.8, 4) is 0 Å². The van der Waals surface area contributed by atoms with Crippen LogP contribution in [0.4, 0.5) is 11.5 Å². The molecule has 1 heterocycles. The molecule has 5 rings (SSSR count). The predicted molar refractivity (Wildman–Crippen MR) is 158 cm³/mol. The Morgan fingerprint density at radius 3 is 1.61 bits per heavy atom. The Balaban J connectivity index is 1.63. The summed E-state index contributed by atoms with van der Waals surface area (Å²) in [5.74, 6) is 1.20. The van der Waals surface area contributed by atoms with Gasteiger partial charge >= 0.3 is 0 Å². The van der Waals surface area contributed by atoms with Crippen LogP contribution in [-0.2, 0) is 12.1 Å². The minimum atomic E-state index is -0.611. The number of benzene rings is 4. The summed E-state index contributed by atoms with van der Waals surface area (Å²) < 4.78 is 2.11. The zero-order chi connectivity index (χ0) is 26.6. The van der Waals surface area contributed by atoms with Crippen molar-refractivity contribution in [2.45, 2.75) is 38.8 Å². The van der Waals surface area contributed by atoms with Crippen LogP contribution in [0.15, 0.2) is 128 Å². The van der Waals surface area contributed by atoms with Gasteiger partial charge in [0.15, 0.2) is 0 Å². The summed E-state index contributed by atoms with van der Waals surface area (Å²) in [5.41, 5.74) is 10.9. The van der Waals surface area contributed by atoms with E-state index < -0.39 is 5.54 Å². The van der Waals surface area contributed by atoms with Crippen molar-refractivity contribution in [3.05, 3.63) is 150 Å². The number of nitrogens with one attached hydrogen (secondary N) is 1. The molecule has 4 aromatic carbocycles. The largest absolute Gasteiger partial charge is 0.399 e. The normalized spacial score (nSPS) is 12.7. The quantitative estimate of drug-likeness (QED) is 0.170. The average Bonchev–Trinajstić information content (AvgIpc) is 3.38. The van der Waals surface area contributed by atoms with Crippen molar-refractivity contribution in [3.63, 3.8) is 0 Å². The van der Waals surface area contributed by atoms with Gasteiger partial charge in [0.25, 0.3) is 0 Å². The summed E-state index contributed by atoms with van der Waals surface area (Å²) in [7, 11) is 0. The molecule has 1 atom stereocenters. The van der Waals surface area contributed by atoms with Crippen LogP contribution >= 0.6 is 0 Å². The van der Waals surface area contributed by atoms with E-state index in [4.69, 9.17) is 10.8 Å². The third-order valence-electron chi connectivity index (χ3n) is 7.39. The van der Waals surface area contributed by atoms with Gasteiger partial charge in [0, 0.05) is 17.7 Å². The summed E-state index contributed by atoms with van der Waals surface area (Å²) >= 11 is 0. The van der Waals surface area contributed by atoms with Crippen molar-refractivity contribution in [1.82, 2.24) is 9.78 Å². The van der Waals surface area contributed by atoms with Crippen LogP contribution in [0.1, 0.15) is 48.9 Å². The van der Waals surface area contributed by atoms with Gasteiger partial charge in [-0.05, 0) is 39.8 Å². The Hall–Kier alpha value is -4.31. The van der Waals surface area contributed by atoms with Gasteiger partial charge in [-0.3, -0.25) is 0 Å². The minimum absolute atomic E-state index is 0.0225. The molecule has 0 amide bonds. The van der Waals surface area contributed by atoms with Gasteiger partial charge in [-0.25, -0.2) is 4.68 Å². The number of aromatic nitrogens is 2. The molecular weight excluding hydrogens is 464 g/mol. The van der Waals surface area contributed by atoms with Crippen molar-refractivity contribution < 1.29 is 0 Å². The number of hydrogen-bond acceptors (Lipinski definition) is 3. The van der Waals surface area contributed by atoms with E-state index in [9.17, 15) is 0 Å². The molecule has 0 aliphatic heterocycles.